The van der Waals surface area contributed by atoms with Gasteiger partial charge in [0.05, 0.1) is 33.3 Å². The van der Waals surface area contributed by atoms with Gasteiger partial charge in [-0.2, -0.15) is 0 Å². The summed E-state index contributed by atoms with van der Waals surface area (Å²) >= 11 is 2.35. The Morgan fingerprint density at radius 3 is 2.71 bits per heavy atom. The Kier molecular flexibility index (Phi) is 5.89. The highest BCUT2D eigenvalue weighted by atomic mass is 32.1. The smallest absolute Gasteiger partial charge is 0.296 e. The number of aliphatic hydroxyl groups is 1. The zero-order chi connectivity index (χ0) is 23.8. The minimum atomic E-state index is -0.896. The molecule has 0 saturated heterocycles. The van der Waals surface area contributed by atoms with Gasteiger partial charge in [0, 0.05) is 0 Å². The van der Waals surface area contributed by atoms with E-state index in [1.807, 2.05) is 6.92 Å². The standard InChI is InChI=1S/C25H19FN2O4S2/c1-2-11-32-16-8-5-14(6-9-16)21-20(22(29)18-4-3-12-33-18)23(30)24(31)28(21)25-27-17-10-7-15(26)13-19(17)34-25/h3-10,12-13,21,30H,2,11H2,1H3. The Hall–Kier alpha value is -3.56. The fraction of sp³-hybridized carbons (Fsp3) is 0.160. The number of ketones is 1. The van der Waals surface area contributed by atoms with E-state index in [0.717, 1.165) is 17.8 Å². The first-order valence-corrected chi connectivity index (χ1v) is 12.3. The third-order valence-corrected chi connectivity index (χ3v) is 7.30. The third kappa shape index (κ3) is 3.86. The normalized spacial score (nSPS) is 16.0. The van der Waals surface area contributed by atoms with Gasteiger partial charge in [-0.1, -0.05) is 36.5 Å². The van der Waals surface area contributed by atoms with Crippen molar-refractivity contribution >= 4 is 49.7 Å². The number of Topliss-reactive ketones (excluding diaryl/α,β-unsaturated/α-hetero) is 1. The van der Waals surface area contributed by atoms with Crippen LogP contribution in [0.3, 0.4) is 0 Å². The van der Waals surface area contributed by atoms with Crippen LogP contribution in [0.5, 0.6) is 5.75 Å². The van der Waals surface area contributed by atoms with Crippen molar-refractivity contribution in [2.75, 3.05) is 11.5 Å². The van der Waals surface area contributed by atoms with E-state index < -0.39 is 29.3 Å². The zero-order valence-electron chi connectivity index (χ0n) is 18.0. The number of hydrogen-bond donors (Lipinski definition) is 1. The first-order valence-electron chi connectivity index (χ1n) is 10.6. The first kappa shape index (κ1) is 22.2. The van der Waals surface area contributed by atoms with Crippen molar-refractivity contribution in [1.82, 2.24) is 4.98 Å². The molecule has 3 heterocycles. The molecule has 1 aliphatic rings. The molecule has 0 aliphatic carbocycles. The number of nitrogens with zero attached hydrogens (tertiary/aromatic N) is 2. The Balaban J connectivity index is 1.62. The van der Waals surface area contributed by atoms with Crippen molar-refractivity contribution < 1.29 is 23.8 Å². The number of aliphatic hydroxyl groups excluding tert-OH is 1. The van der Waals surface area contributed by atoms with Gasteiger partial charge in [0.1, 0.15) is 11.6 Å². The quantitative estimate of drug-likeness (QED) is 0.316. The minimum absolute atomic E-state index is 0.0138. The summed E-state index contributed by atoms with van der Waals surface area (Å²) < 4.78 is 20.0. The summed E-state index contributed by atoms with van der Waals surface area (Å²) in [7, 11) is 0. The van der Waals surface area contributed by atoms with Crippen molar-refractivity contribution in [3.05, 3.63) is 87.6 Å². The number of ether oxygens (including phenoxy) is 1. The lowest BCUT2D eigenvalue weighted by molar-refractivity contribution is -0.117. The lowest BCUT2D eigenvalue weighted by Crippen LogP contribution is -2.30. The van der Waals surface area contributed by atoms with E-state index in [-0.39, 0.29) is 10.7 Å². The van der Waals surface area contributed by atoms with Crippen molar-refractivity contribution in [2.45, 2.75) is 19.4 Å². The number of fused-ring (bicyclic) bond motifs is 1. The number of thiazole rings is 1. The van der Waals surface area contributed by atoms with Gasteiger partial charge in [0.25, 0.3) is 5.91 Å². The molecule has 1 unspecified atom stereocenters. The van der Waals surface area contributed by atoms with Crippen LogP contribution in [0.4, 0.5) is 9.52 Å². The van der Waals surface area contributed by atoms with Gasteiger partial charge >= 0.3 is 0 Å². The maximum atomic E-state index is 13.7. The summed E-state index contributed by atoms with van der Waals surface area (Å²) in [5.41, 5.74) is 1.13. The highest BCUT2D eigenvalue weighted by Gasteiger charge is 2.46. The topological polar surface area (TPSA) is 79.7 Å². The van der Waals surface area contributed by atoms with Gasteiger partial charge in [0.2, 0.25) is 5.78 Å². The van der Waals surface area contributed by atoms with Gasteiger partial charge in [-0.25, -0.2) is 9.37 Å². The number of halogens is 1. The molecule has 0 bridgehead atoms. The summed E-state index contributed by atoms with van der Waals surface area (Å²) in [5, 5.41) is 12.9. The summed E-state index contributed by atoms with van der Waals surface area (Å²) in [6.07, 6.45) is 0.862. The molecule has 0 radical (unpaired) electrons. The summed E-state index contributed by atoms with van der Waals surface area (Å²) in [5.74, 6) is -1.51. The van der Waals surface area contributed by atoms with E-state index in [0.29, 0.717) is 33.0 Å². The number of benzene rings is 2. The molecule has 172 valence electrons. The summed E-state index contributed by atoms with van der Waals surface area (Å²) in [6.45, 7) is 2.58. The van der Waals surface area contributed by atoms with Gasteiger partial charge in [0.15, 0.2) is 10.9 Å². The van der Waals surface area contributed by atoms with E-state index in [1.165, 1.54) is 34.4 Å². The molecule has 1 atom stereocenters. The van der Waals surface area contributed by atoms with Crippen molar-refractivity contribution in [3.63, 3.8) is 0 Å². The summed E-state index contributed by atoms with van der Waals surface area (Å²) in [4.78, 5) is 32.9. The number of rotatable bonds is 7. The maximum absolute atomic E-state index is 13.7. The second kappa shape index (κ2) is 9.00. The van der Waals surface area contributed by atoms with Crippen LogP contribution < -0.4 is 9.64 Å². The van der Waals surface area contributed by atoms with E-state index in [2.05, 4.69) is 4.98 Å². The zero-order valence-corrected chi connectivity index (χ0v) is 19.7. The molecule has 5 rings (SSSR count). The Morgan fingerprint density at radius 2 is 2.00 bits per heavy atom. The second-order valence-corrected chi connectivity index (χ2v) is 9.63. The number of anilines is 1. The van der Waals surface area contributed by atoms with Crippen LogP contribution in [0, 0.1) is 5.82 Å². The molecule has 1 amide bonds. The fourth-order valence-electron chi connectivity index (χ4n) is 3.85. The Morgan fingerprint density at radius 1 is 1.21 bits per heavy atom. The highest BCUT2D eigenvalue weighted by Crippen LogP contribution is 2.44. The molecule has 9 heteroatoms. The van der Waals surface area contributed by atoms with Crippen LogP contribution >= 0.6 is 22.7 Å². The highest BCUT2D eigenvalue weighted by molar-refractivity contribution is 7.22. The first-order chi connectivity index (χ1) is 16.5. The van der Waals surface area contributed by atoms with Crippen molar-refractivity contribution in [3.8, 4) is 5.75 Å². The number of amides is 1. The molecule has 2 aromatic heterocycles. The summed E-state index contributed by atoms with van der Waals surface area (Å²) in [6, 6.07) is 13.7. The average Bonchev–Trinajstić information content (AvgIpc) is 3.56. The molecule has 0 fully saturated rings. The monoisotopic (exact) mass is 494 g/mol. The van der Waals surface area contributed by atoms with Crippen LogP contribution in [-0.4, -0.2) is 28.4 Å². The van der Waals surface area contributed by atoms with E-state index in [9.17, 15) is 19.1 Å². The van der Waals surface area contributed by atoms with Crippen LogP contribution in [0.2, 0.25) is 0 Å². The number of carbonyl (C=O) groups excluding carboxylic acids is 2. The number of carbonyl (C=O) groups is 2. The molecule has 4 aromatic rings. The van der Waals surface area contributed by atoms with Gasteiger partial charge in [-0.15, -0.1) is 11.3 Å². The molecule has 2 aromatic carbocycles. The van der Waals surface area contributed by atoms with Gasteiger partial charge in [-0.05, 0) is 53.8 Å². The van der Waals surface area contributed by atoms with Crippen LogP contribution in [-0.2, 0) is 4.79 Å². The van der Waals surface area contributed by atoms with Crippen molar-refractivity contribution in [1.29, 1.82) is 0 Å². The predicted molar refractivity (Wildman–Crippen MR) is 130 cm³/mol. The lowest BCUT2D eigenvalue weighted by atomic mass is 9.95. The number of aromatic nitrogens is 1. The van der Waals surface area contributed by atoms with E-state index in [1.54, 1.807) is 41.8 Å². The van der Waals surface area contributed by atoms with Gasteiger partial charge < -0.3 is 9.84 Å². The SMILES string of the molecule is CCCOc1ccc(C2C(C(=O)c3cccs3)=C(O)C(=O)N2c2nc3ccc(F)cc3s2)cc1. The Bertz CT molecular complexity index is 1410. The molecule has 1 aliphatic heterocycles. The largest absolute Gasteiger partial charge is 0.503 e. The molecule has 0 saturated carbocycles. The van der Waals surface area contributed by atoms with Crippen LogP contribution in [0.15, 0.2) is 71.3 Å². The molecule has 34 heavy (non-hydrogen) atoms. The molecule has 1 N–H and O–H groups in total. The molecule has 0 spiro atoms. The average molecular weight is 495 g/mol. The predicted octanol–water partition coefficient (Wildman–Crippen LogP) is 6.07. The van der Waals surface area contributed by atoms with E-state index in [4.69, 9.17) is 4.74 Å². The Labute approximate surface area is 202 Å². The molecular formula is C25H19FN2O4S2. The number of thiophene rings is 1. The minimum Gasteiger partial charge on any atom is -0.503 e. The molecule has 6 nitrogen and oxygen atoms in total. The van der Waals surface area contributed by atoms with E-state index >= 15 is 0 Å². The van der Waals surface area contributed by atoms with Crippen LogP contribution in [0.1, 0.15) is 34.6 Å². The molecular weight excluding hydrogens is 475 g/mol. The maximum Gasteiger partial charge on any atom is 0.296 e. The number of hydrogen-bond acceptors (Lipinski definition) is 7. The third-order valence-electron chi connectivity index (χ3n) is 5.41. The van der Waals surface area contributed by atoms with Crippen molar-refractivity contribution in [2.24, 2.45) is 0 Å². The second-order valence-electron chi connectivity index (χ2n) is 7.67. The lowest BCUT2D eigenvalue weighted by Gasteiger charge is -2.24. The van der Waals surface area contributed by atoms with Gasteiger partial charge in [-0.3, -0.25) is 14.5 Å². The fourth-order valence-corrected chi connectivity index (χ4v) is 5.54. The van der Waals surface area contributed by atoms with Crippen LogP contribution in [0.25, 0.3) is 10.2 Å².